The van der Waals surface area contributed by atoms with Crippen LogP contribution in [0.25, 0.3) is 0 Å². The van der Waals surface area contributed by atoms with Crippen molar-refractivity contribution in [3.05, 3.63) is 85.1 Å². The summed E-state index contributed by atoms with van der Waals surface area (Å²) in [6, 6.07) is 0. The standard InChI is InChI=1S/C40H68NO7P/c1-6-8-10-12-14-16-18-20-22-24-26-28-30-32-35-45-37-39(38-47-49(43,44)46-36-34-41(3,4)5)48-40(42)33-31-29-27-25-23-21-19-17-15-13-11-9-7-2/h8-11,14-17,20-23,27,29,39H,6-7,12-13,18-19,24-26,28,30-38H2,1-5H3/p+1/b10-8-,11-9-,16-14-,17-15-,22-20-,23-21-,29-27-. The fourth-order valence-corrected chi connectivity index (χ4v) is 4.91. The molecule has 0 aliphatic heterocycles. The summed E-state index contributed by atoms with van der Waals surface area (Å²) in [4.78, 5) is 22.7. The third-order valence-electron chi connectivity index (χ3n) is 6.97. The first kappa shape index (κ1) is 46.7. The molecular formula is C40H69NO7P+. The maximum atomic E-state index is 12.6. The Morgan fingerprint density at radius 3 is 1.65 bits per heavy atom. The molecule has 280 valence electrons. The molecule has 0 aromatic rings. The highest BCUT2D eigenvalue weighted by molar-refractivity contribution is 7.47. The molecule has 49 heavy (non-hydrogen) atoms. The Hall–Kier alpha value is -2.32. The average Bonchev–Trinajstić information content (AvgIpc) is 3.04. The smallest absolute Gasteiger partial charge is 0.457 e. The minimum Gasteiger partial charge on any atom is -0.457 e. The van der Waals surface area contributed by atoms with Crippen molar-refractivity contribution >= 4 is 13.8 Å². The average molecular weight is 707 g/mol. The van der Waals surface area contributed by atoms with E-state index in [1.54, 1.807) is 0 Å². The molecule has 0 aromatic heterocycles. The third kappa shape index (κ3) is 36.8. The van der Waals surface area contributed by atoms with Gasteiger partial charge in [0, 0.05) is 13.0 Å². The fraction of sp³-hybridized carbons (Fsp3) is 0.625. The predicted octanol–water partition coefficient (Wildman–Crippen LogP) is 10.1. The molecule has 1 N–H and O–H groups in total. The number of phosphoric ester groups is 1. The van der Waals surface area contributed by atoms with E-state index in [0.29, 0.717) is 24.1 Å². The molecule has 0 radical (unpaired) electrons. The number of unbranched alkanes of at least 4 members (excludes halogenated alkanes) is 4. The lowest BCUT2D eigenvalue weighted by Crippen LogP contribution is -2.37. The van der Waals surface area contributed by atoms with E-state index in [-0.39, 0.29) is 26.2 Å². The van der Waals surface area contributed by atoms with Crippen LogP contribution < -0.4 is 0 Å². The van der Waals surface area contributed by atoms with E-state index < -0.39 is 19.9 Å². The molecule has 2 atom stereocenters. The number of hydrogen-bond acceptors (Lipinski definition) is 6. The monoisotopic (exact) mass is 706 g/mol. The van der Waals surface area contributed by atoms with Gasteiger partial charge in [-0.25, -0.2) is 4.57 Å². The van der Waals surface area contributed by atoms with E-state index >= 15 is 0 Å². The SMILES string of the molecule is CC/C=C\C/C=C\C/C=C\C/C=C\CCC(=O)OC(COCCCCCC/C=C\C/C=C\C/C=C\CC)COP(=O)(O)OCC[N+](C)(C)C. The molecule has 8 nitrogen and oxygen atoms in total. The molecule has 9 heteroatoms. The number of allylic oxidation sites excluding steroid dienone is 14. The fourth-order valence-electron chi connectivity index (χ4n) is 4.17. The zero-order chi connectivity index (χ0) is 36.3. The lowest BCUT2D eigenvalue weighted by molar-refractivity contribution is -0.870. The van der Waals surface area contributed by atoms with Gasteiger partial charge in [-0.05, 0) is 70.6 Å². The first-order chi connectivity index (χ1) is 23.6. The zero-order valence-electron chi connectivity index (χ0n) is 31.4. The quantitative estimate of drug-likeness (QED) is 0.0245. The molecule has 0 spiro atoms. The summed E-state index contributed by atoms with van der Waals surface area (Å²) < 4.78 is 34.7. The minimum atomic E-state index is -4.30. The number of esters is 1. The van der Waals surface area contributed by atoms with Crippen LogP contribution in [-0.2, 0) is 27.9 Å². The summed E-state index contributed by atoms with van der Waals surface area (Å²) in [5, 5.41) is 0. The van der Waals surface area contributed by atoms with E-state index in [4.69, 9.17) is 18.5 Å². The van der Waals surface area contributed by atoms with Gasteiger partial charge in [0.05, 0.1) is 34.4 Å². The highest BCUT2D eigenvalue weighted by atomic mass is 31.2. The molecule has 2 unspecified atom stereocenters. The molecule has 0 heterocycles. The summed E-state index contributed by atoms with van der Waals surface area (Å²) in [5.74, 6) is -0.407. The molecule has 0 aliphatic rings. The topological polar surface area (TPSA) is 91.3 Å². The molecule has 0 bridgehead atoms. The van der Waals surface area contributed by atoms with Crippen molar-refractivity contribution in [3.8, 4) is 0 Å². The summed E-state index contributed by atoms with van der Waals surface area (Å²) >= 11 is 0. The Morgan fingerprint density at radius 1 is 0.633 bits per heavy atom. The van der Waals surface area contributed by atoms with Crippen LogP contribution in [0.1, 0.15) is 104 Å². The second kappa shape index (κ2) is 32.9. The van der Waals surface area contributed by atoms with Crippen LogP contribution in [0.2, 0.25) is 0 Å². The van der Waals surface area contributed by atoms with Gasteiger partial charge in [0.15, 0.2) is 0 Å². The predicted molar refractivity (Wildman–Crippen MR) is 205 cm³/mol. The Kier molecular flexibility index (Phi) is 31.3. The van der Waals surface area contributed by atoms with Gasteiger partial charge in [0.25, 0.3) is 0 Å². The van der Waals surface area contributed by atoms with Crippen LogP contribution in [0.5, 0.6) is 0 Å². The molecule has 0 saturated heterocycles. The lowest BCUT2D eigenvalue weighted by Gasteiger charge is -2.24. The van der Waals surface area contributed by atoms with Crippen LogP contribution in [0.3, 0.4) is 0 Å². The first-order valence-corrected chi connectivity index (χ1v) is 19.8. The third-order valence-corrected chi connectivity index (χ3v) is 7.95. The maximum Gasteiger partial charge on any atom is 0.472 e. The minimum absolute atomic E-state index is 0.0663. The molecule has 0 fully saturated rings. The van der Waals surface area contributed by atoms with Gasteiger partial charge in [-0.1, -0.05) is 112 Å². The van der Waals surface area contributed by atoms with Gasteiger partial charge < -0.3 is 18.9 Å². The Morgan fingerprint density at radius 2 is 1.12 bits per heavy atom. The maximum absolute atomic E-state index is 12.6. The van der Waals surface area contributed by atoms with E-state index in [2.05, 4.69) is 86.8 Å². The number of ether oxygens (including phenoxy) is 2. The van der Waals surface area contributed by atoms with Crippen LogP contribution in [0.15, 0.2) is 85.1 Å². The number of quaternary nitrogens is 1. The van der Waals surface area contributed by atoms with Crippen molar-refractivity contribution in [1.82, 2.24) is 0 Å². The number of hydrogen-bond donors (Lipinski definition) is 1. The van der Waals surface area contributed by atoms with E-state index in [9.17, 15) is 14.3 Å². The summed E-state index contributed by atoms with van der Waals surface area (Å²) in [7, 11) is 1.59. The Bertz CT molecular complexity index is 1050. The number of carbonyl (C=O) groups excluding carboxylic acids is 1. The van der Waals surface area contributed by atoms with Gasteiger partial charge in [0.1, 0.15) is 19.3 Å². The van der Waals surface area contributed by atoms with Crippen molar-refractivity contribution in [2.45, 2.75) is 110 Å². The second-order valence-electron chi connectivity index (χ2n) is 12.8. The Balaban J connectivity index is 4.50. The van der Waals surface area contributed by atoms with Gasteiger partial charge in [0.2, 0.25) is 0 Å². The lowest BCUT2D eigenvalue weighted by atomic mass is 10.1. The van der Waals surface area contributed by atoms with Gasteiger partial charge in [-0.3, -0.25) is 13.8 Å². The number of rotatable bonds is 32. The van der Waals surface area contributed by atoms with Crippen molar-refractivity contribution in [1.29, 1.82) is 0 Å². The molecule has 0 aliphatic carbocycles. The van der Waals surface area contributed by atoms with Gasteiger partial charge in [-0.2, -0.15) is 0 Å². The van der Waals surface area contributed by atoms with Crippen molar-refractivity contribution in [3.63, 3.8) is 0 Å². The van der Waals surface area contributed by atoms with E-state index in [1.807, 2.05) is 33.3 Å². The molecule has 0 saturated carbocycles. The Labute approximate surface area is 299 Å². The summed E-state index contributed by atoms with van der Waals surface area (Å²) in [6.45, 7) is 5.19. The summed E-state index contributed by atoms with van der Waals surface area (Å²) in [5.41, 5.74) is 0. The highest BCUT2D eigenvalue weighted by Gasteiger charge is 2.26. The molecule has 0 rings (SSSR count). The van der Waals surface area contributed by atoms with Crippen LogP contribution in [0.4, 0.5) is 0 Å². The van der Waals surface area contributed by atoms with Crippen molar-refractivity contribution in [2.24, 2.45) is 0 Å². The zero-order valence-corrected chi connectivity index (χ0v) is 32.3. The van der Waals surface area contributed by atoms with Gasteiger partial charge >= 0.3 is 13.8 Å². The van der Waals surface area contributed by atoms with E-state index in [1.165, 1.54) is 0 Å². The van der Waals surface area contributed by atoms with Crippen molar-refractivity contribution < 1.29 is 37.3 Å². The number of carbonyl (C=O) groups is 1. The molecular weight excluding hydrogens is 637 g/mol. The molecule has 0 amide bonds. The number of nitrogens with zero attached hydrogens (tertiary/aromatic N) is 1. The number of phosphoric acid groups is 1. The second-order valence-corrected chi connectivity index (χ2v) is 14.3. The van der Waals surface area contributed by atoms with E-state index in [0.717, 1.165) is 77.0 Å². The highest BCUT2D eigenvalue weighted by Crippen LogP contribution is 2.43. The van der Waals surface area contributed by atoms with Crippen LogP contribution in [0, 0.1) is 0 Å². The van der Waals surface area contributed by atoms with Crippen molar-refractivity contribution in [2.75, 3.05) is 54.1 Å². The number of likely N-dealkylation sites (N-methyl/N-ethyl adjacent to an activating group) is 1. The largest absolute Gasteiger partial charge is 0.472 e. The van der Waals surface area contributed by atoms with Crippen LogP contribution in [-0.4, -0.2) is 75.6 Å². The molecule has 0 aromatic carbocycles. The first-order valence-electron chi connectivity index (χ1n) is 18.3. The normalized spacial score (nSPS) is 15.0. The van der Waals surface area contributed by atoms with Crippen LogP contribution >= 0.6 is 7.82 Å². The summed E-state index contributed by atoms with van der Waals surface area (Å²) in [6.07, 6.45) is 42.1. The van der Waals surface area contributed by atoms with Gasteiger partial charge in [-0.15, -0.1) is 0 Å².